The Balaban J connectivity index is 1.82. The summed E-state index contributed by atoms with van der Waals surface area (Å²) in [6.45, 7) is 0.845. The van der Waals surface area contributed by atoms with Crippen molar-refractivity contribution in [2.24, 2.45) is 0 Å². The Labute approximate surface area is 154 Å². The number of ether oxygens (including phenoxy) is 1. The molecule has 2 aliphatic rings. The Morgan fingerprint density at radius 3 is 2.58 bits per heavy atom. The average Bonchev–Trinajstić information content (AvgIpc) is 3.15. The molecule has 1 saturated heterocycles. The van der Waals surface area contributed by atoms with Gasteiger partial charge in [0, 0.05) is 19.2 Å². The van der Waals surface area contributed by atoms with Crippen molar-refractivity contribution < 1.29 is 23.1 Å². The number of carboxylic acid groups (broad SMARTS) is 1. The summed E-state index contributed by atoms with van der Waals surface area (Å²) in [4.78, 5) is 11.3. The fraction of sp³-hybridized carbons (Fsp3) is 0.611. The standard InChI is InChI=1S/C18H26N2O5S/c21-18(22)13-8-9-16(20-14-5-2-1-3-6-14)17(11-13)26(23,24)19-12-15-7-4-10-25-15/h8-9,11,14-15,19-20H,1-7,10,12H2,(H,21,22)/t15-/m1/s1. The minimum absolute atomic E-state index is 0.0130. The molecule has 144 valence electrons. The Morgan fingerprint density at radius 2 is 1.92 bits per heavy atom. The van der Waals surface area contributed by atoms with E-state index in [9.17, 15) is 18.3 Å². The second kappa shape index (κ2) is 8.37. The second-order valence-electron chi connectivity index (χ2n) is 6.98. The maximum Gasteiger partial charge on any atom is 0.335 e. The zero-order chi connectivity index (χ0) is 18.6. The SMILES string of the molecule is O=C(O)c1ccc(NC2CCCCC2)c(S(=O)(=O)NC[C@H]2CCCO2)c1. The highest BCUT2D eigenvalue weighted by atomic mass is 32.2. The van der Waals surface area contributed by atoms with E-state index in [1.165, 1.54) is 18.6 Å². The highest BCUT2D eigenvalue weighted by Crippen LogP contribution is 2.27. The molecule has 1 atom stereocenters. The van der Waals surface area contributed by atoms with Gasteiger partial charge in [-0.25, -0.2) is 17.9 Å². The van der Waals surface area contributed by atoms with E-state index in [1.807, 2.05) is 0 Å². The average molecular weight is 382 g/mol. The third-order valence-electron chi connectivity index (χ3n) is 5.01. The van der Waals surface area contributed by atoms with Gasteiger partial charge >= 0.3 is 5.97 Å². The molecule has 2 fully saturated rings. The summed E-state index contributed by atoms with van der Waals surface area (Å²) < 4.78 is 33.7. The van der Waals surface area contributed by atoms with E-state index < -0.39 is 16.0 Å². The Morgan fingerprint density at radius 1 is 1.15 bits per heavy atom. The van der Waals surface area contributed by atoms with E-state index in [4.69, 9.17) is 4.74 Å². The molecule has 1 aromatic rings. The number of carboxylic acids is 1. The first kappa shape index (κ1) is 19.1. The summed E-state index contributed by atoms with van der Waals surface area (Å²) in [5.41, 5.74) is 0.415. The van der Waals surface area contributed by atoms with E-state index in [2.05, 4.69) is 10.0 Å². The van der Waals surface area contributed by atoms with Crippen LogP contribution in [-0.2, 0) is 14.8 Å². The Bertz CT molecular complexity index is 738. The lowest BCUT2D eigenvalue weighted by Crippen LogP contribution is -2.33. The molecule has 7 nitrogen and oxygen atoms in total. The number of anilines is 1. The van der Waals surface area contributed by atoms with Gasteiger partial charge in [0.2, 0.25) is 10.0 Å². The summed E-state index contributed by atoms with van der Waals surface area (Å²) >= 11 is 0. The van der Waals surface area contributed by atoms with Crippen LogP contribution >= 0.6 is 0 Å². The minimum Gasteiger partial charge on any atom is -0.478 e. The van der Waals surface area contributed by atoms with Gasteiger partial charge in [0.25, 0.3) is 0 Å². The molecule has 1 saturated carbocycles. The molecule has 1 aliphatic carbocycles. The number of carbonyl (C=O) groups is 1. The van der Waals surface area contributed by atoms with Crippen molar-refractivity contribution in [1.82, 2.24) is 4.72 Å². The molecule has 1 aromatic carbocycles. The summed E-state index contributed by atoms with van der Waals surface area (Å²) in [7, 11) is -3.84. The normalized spacial score (nSPS) is 21.6. The van der Waals surface area contributed by atoms with Crippen molar-refractivity contribution in [2.45, 2.75) is 62.0 Å². The zero-order valence-corrected chi connectivity index (χ0v) is 15.6. The first-order valence-electron chi connectivity index (χ1n) is 9.21. The van der Waals surface area contributed by atoms with Crippen molar-refractivity contribution >= 4 is 21.7 Å². The molecule has 3 rings (SSSR count). The van der Waals surface area contributed by atoms with Gasteiger partial charge in [-0.05, 0) is 43.9 Å². The minimum atomic E-state index is -3.84. The maximum atomic E-state index is 12.8. The number of benzene rings is 1. The lowest BCUT2D eigenvalue weighted by atomic mass is 9.95. The summed E-state index contributed by atoms with van der Waals surface area (Å²) in [6, 6.07) is 4.43. The fourth-order valence-corrected chi connectivity index (χ4v) is 4.81. The first-order chi connectivity index (χ1) is 12.5. The predicted octanol–water partition coefficient (Wildman–Crippen LogP) is 2.59. The molecule has 3 N–H and O–H groups in total. The highest BCUT2D eigenvalue weighted by Gasteiger charge is 2.25. The van der Waals surface area contributed by atoms with Crippen LogP contribution in [0.15, 0.2) is 23.1 Å². The van der Waals surface area contributed by atoms with Crippen molar-refractivity contribution in [3.05, 3.63) is 23.8 Å². The molecule has 1 aliphatic heterocycles. The van der Waals surface area contributed by atoms with Gasteiger partial charge in [-0.2, -0.15) is 0 Å². The van der Waals surface area contributed by atoms with E-state index >= 15 is 0 Å². The molecule has 0 spiro atoms. The first-order valence-corrected chi connectivity index (χ1v) is 10.7. The summed E-state index contributed by atoms with van der Waals surface area (Å²) in [6.07, 6.45) is 7.04. The molecule has 26 heavy (non-hydrogen) atoms. The van der Waals surface area contributed by atoms with Gasteiger partial charge in [0.1, 0.15) is 4.90 Å². The van der Waals surface area contributed by atoms with Gasteiger partial charge in [0.05, 0.1) is 17.4 Å². The predicted molar refractivity (Wildman–Crippen MR) is 98.1 cm³/mol. The van der Waals surface area contributed by atoms with Crippen LogP contribution < -0.4 is 10.0 Å². The maximum absolute atomic E-state index is 12.8. The van der Waals surface area contributed by atoms with Crippen LogP contribution in [-0.4, -0.2) is 44.8 Å². The number of hydrogen-bond acceptors (Lipinski definition) is 5. The largest absolute Gasteiger partial charge is 0.478 e. The van der Waals surface area contributed by atoms with Crippen molar-refractivity contribution in [2.75, 3.05) is 18.5 Å². The summed E-state index contributed by atoms with van der Waals surface area (Å²) in [5, 5.41) is 12.5. The number of sulfonamides is 1. The van der Waals surface area contributed by atoms with E-state index in [0.717, 1.165) is 38.5 Å². The van der Waals surface area contributed by atoms with Gasteiger partial charge in [-0.1, -0.05) is 19.3 Å². The number of nitrogens with one attached hydrogen (secondary N) is 2. The summed E-state index contributed by atoms with van der Waals surface area (Å²) in [5.74, 6) is -1.15. The Kier molecular flexibility index (Phi) is 6.16. The monoisotopic (exact) mass is 382 g/mol. The molecule has 0 unspecified atom stereocenters. The van der Waals surface area contributed by atoms with Crippen molar-refractivity contribution in [3.8, 4) is 0 Å². The number of hydrogen-bond donors (Lipinski definition) is 3. The molecular formula is C18H26N2O5S. The van der Waals surface area contributed by atoms with Crippen molar-refractivity contribution in [3.63, 3.8) is 0 Å². The molecule has 0 amide bonds. The second-order valence-corrected chi connectivity index (χ2v) is 8.72. The number of aromatic carboxylic acids is 1. The highest BCUT2D eigenvalue weighted by molar-refractivity contribution is 7.89. The van der Waals surface area contributed by atoms with Crippen LogP contribution in [0, 0.1) is 0 Å². The van der Waals surface area contributed by atoms with Crippen LogP contribution in [0.3, 0.4) is 0 Å². The molecule has 1 heterocycles. The molecule has 0 radical (unpaired) electrons. The van der Waals surface area contributed by atoms with Gasteiger partial charge in [0.15, 0.2) is 0 Å². The lowest BCUT2D eigenvalue weighted by molar-refractivity contribution is 0.0696. The third kappa shape index (κ3) is 4.75. The van der Waals surface area contributed by atoms with Gasteiger partial charge < -0.3 is 15.2 Å². The molecular weight excluding hydrogens is 356 g/mol. The lowest BCUT2D eigenvalue weighted by Gasteiger charge is -2.25. The molecule has 0 aromatic heterocycles. The van der Waals surface area contributed by atoms with E-state index in [-0.39, 0.29) is 29.1 Å². The molecule has 8 heteroatoms. The quantitative estimate of drug-likeness (QED) is 0.669. The van der Waals surface area contributed by atoms with Crippen molar-refractivity contribution in [1.29, 1.82) is 0 Å². The fourth-order valence-electron chi connectivity index (χ4n) is 3.55. The van der Waals surface area contributed by atoms with Crippen LogP contribution in [0.1, 0.15) is 55.3 Å². The van der Waals surface area contributed by atoms with E-state index in [0.29, 0.717) is 12.3 Å². The zero-order valence-electron chi connectivity index (χ0n) is 14.7. The van der Waals surface area contributed by atoms with Crippen LogP contribution in [0.25, 0.3) is 0 Å². The van der Waals surface area contributed by atoms with Gasteiger partial charge in [-0.3, -0.25) is 0 Å². The number of rotatable bonds is 7. The third-order valence-corrected chi connectivity index (χ3v) is 6.47. The topological polar surface area (TPSA) is 105 Å². The molecule has 0 bridgehead atoms. The van der Waals surface area contributed by atoms with E-state index in [1.54, 1.807) is 6.07 Å². The Hall–Kier alpha value is -1.64. The van der Waals surface area contributed by atoms with Crippen LogP contribution in [0.2, 0.25) is 0 Å². The van der Waals surface area contributed by atoms with Gasteiger partial charge in [-0.15, -0.1) is 0 Å². The van der Waals surface area contributed by atoms with Crippen LogP contribution in [0.4, 0.5) is 5.69 Å². The smallest absolute Gasteiger partial charge is 0.335 e. The van der Waals surface area contributed by atoms with Crippen LogP contribution in [0.5, 0.6) is 0 Å².